The quantitative estimate of drug-likeness (QED) is 0.772. The molecule has 2 atom stereocenters. The van der Waals surface area contributed by atoms with Crippen LogP contribution in [-0.2, 0) is 4.79 Å². The van der Waals surface area contributed by atoms with E-state index in [1.165, 1.54) is 0 Å². The van der Waals surface area contributed by atoms with Crippen LogP contribution in [-0.4, -0.2) is 24.7 Å². The molecule has 0 aromatic heterocycles. The molecule has 0 spiro atoms. The van der Waals surface area contributed by atoms with Crippen molar-refractivity contribution in [3.63, 3.8) is 0 Å². The van der Waals surface area contributed by atoms with Crippen LogP contribution >= 0.6 is 15.9 Å². The molecule has 128 valence electrons. The maximum absolute atomic E-state index is 12.2. The molecule has 0 fully saturated rings. The molecule has 0 bridgehead atoms. The van der Waals surface area contributed by atoms with Gasteiger partial charge in [-0.25, -0.2) is 0 Å². The Kier molecular flexibility index (Phi) is 6.67. The first-order valence-electron chi connectivity index (χ1n) is 7.86. The highest BCUT2D eigenvalue weighted by Crippen LogP contribution is 2.18. The molecule has 0 aliphatic carbocycles. The second-order valence-corrected chi connectivity index (χ2v) is 6.62. The highest BCUT2D eigenvalue weighted by atomic mass is 79.9. The van der Waals surface area contributed by atoms with Crippen LogP contribution < -0.4 is 14.8 Å². The predicted octanol–water partition coefficient (Wildman–Crippen LogP) is 4.11. The average molecular weight is 392 g/mol. The fourth-order valence-corrected chi connectivity index (χ4v) is 2.37. The molecular weight excluding hydrogens is 370 g/mol. The molecule has 1 N–H and O–H groups in total. The molecule has 2 aromatic carbocycles. The Morgan fingerprint density at radius 1 is 1.12 bits per heavy atom. The largest absolute Gasteiger partial charge is 0.491 e. The van der Waals surface area contributed by atoms with Gasteiger partial charge < -0.3 is 14.8 Å². The predicted molar refractivity (Wildman–Crippen MR) is 98.5 cm³/mol. The van der Waals surface area contributed by atoms with Gasteiger partial charge in [0.1, 0.15) is 18.1 Å². The summed E-state index contributed by atoms with van der Waals surface area (Å²) in [5.41, 5.74) is 1.07. The normalized spacial score (nSPS) is 13.0. The SMILES string of the molecule is Cc1ccccc1OCC(C)NC(=O)C(C)Oc1ccc(Br)cc1. The van der Waals surface area contributed by atoms with Gasteiger partial charge in [-0.3, -0.25) is 4.79 Å². The second kappa shape index (κ2) is 8.73. The van der Waals surface area contributed by atoms with Gasteiger partial charge in [0.25, 0.3) is 5.91 Å². The molecule has 0 saturated heterocycles. The van der Waals surface area contributed by atoms with Crippen LogP contribution in [0.15, 0.2) is 53.0 Å². The van der Waals surface area contributed by atoms with Crippen LogP contribution in [0.1, 0.15) is 19.4 Å². The van der Waals surface area contributed by atoms with E-state index in [1.807, 2.05) is 62.4 Å². The van der Waals surface area contributed by atoms with Crippen molar-refractivity contribution in [1.29, 1.82) is 0 Å². The number of ether oxygens (including phenoxy) is 2. The lowest BCUT2D eigenvalue weighted by molar-refractivity contribution is -0.128. The zero-order valence-electron chi connectivity index (χ0n) is 14.1. The molecule has 2 unspecified atom stereocenters. The molecule has 0 aliphatic heterocycles. The van der Waals surface area contributed by atoms with Crippen LogP contribution in [0.2, 0.25) is 0 Å². The first-order valence-corrected chi connectivity index (χ1v) is 8.66. The molecule has 1 amide bonds. The standard InChI is InChI=1S/C19H22BrNO3/c1-13-6-4-5-7-18(13)23-12-14(2)21-19(22)15(3)24-17-10-8-16(20)9-11-17/h4-11,14-15H,12H2,1-3H3,(H,21,22). The van der Waals surface area contributed by atoms with Crippen molar-refractivity contribution in [2.24, 2.45) is 0 Å². The number of nitrogens with one attached hydrogen (secondary N) is 1. The van der Waals surface area contributed by atoms with E-state index in [-0.39, 0.29) is 11.9 Å². The monoisotopic (exact) mass is 391 g/mol. The number of halogens is 1. The van der Waals surface area contributed by atoms with E-state index in [1.54, 1.807) is 6.92 Å². The third-order valence-electron chi connectivity index (χ3n) is 3.47. The first kappa shape index (κ1) is 18.3. The van der Waals surface area contributed by atoms with Gasteiger partial charge in [0, 0.05) is 4.47 Å². The minimum absolute atomic E-state index is 0.118. The lowest BCUT2D eigenvalue weighted by Crippen LogP contribution is -2.43. The van der Waals surface area contributed by atoms with Gasteiger partial charge in [-0.1, -0.05) is 34.1 Å². The third-order valence-corrected chi connectivity index (χ3v) is 4.00. The summed E-state index contributed by atoms with van der Waals surface area (Å²) in [6.07, 6.45) is -0.577. The van der Waals surface area contributed by atoms with E-state index >= 15 is 0 Å². The van der Waals surface area contributed by atoms with Crippen LogP contribution in [0.25, 0.3) is 0 Å². The van der Waals surface area contributed by atoms with Crippen molar-refractivity contribution in [2.45, 2.75) is 32.9 Å². The minimum Gasteiger partial charge on any atom is -0.491 e. The molecule has 0 saturated carbocycles. The Bertz CT molecular complexity index is 673. The Morgan fingerprint density at radius 2 is 1.79 bits per heavy atom. The summed E-state index contributed by atoms with van der Waals surface area (Å²) in [6.45, 7) is 6.03. The van der Waals surface area contributed by atoms with Crippen LogP contribution in [0.5, 0.6) is 11.5 Å². The van der Waals surface area contributed by atoms with E-state index in [9.17, 15) is 4.79 Å². The van der Waals surface area contributed by atoms with Gasteiger partial charge >= 0.3 is 0 Å². The van der Waals surface area contributed by atoms with Crippen LogP contribution in [0.3, 0.4) is 0 Å². The van der Waals surface area contributed by atoms with Crippen molar-refractivity contribution in [3.05, 3.63) is 58.6 Å². The van der Waals surface area contributed by atoms with E-state index < -0.39 is 6.10 Å². The van der Waals surface area contributed by atoms with Crippen LogP contribution in [0, 0.1) is 6.92 Å². The van der Waals surface area contributed by atoms with Gasteiger partial charge in [-0.05, 0) is 56.7 Å². The van der Waals surface area contributed by atoms with Crippen molar-refractivity contribution in [3.8, 4) is 11.5 Å². The molecule has 4 nitrogen and oxygen atoms in total. The number of carbonyl (C=O) groups is 1. The van der Waals surface area contributed by atoms with E-state index in [0.717, 1.165) is 15.8 Å². The number of para-hydroxylation sites is 1. The van der Waals surface area contributed by atoms with Gasteiger partial charge in [0.2, 0.25) is 0 Å². The number of aryl methyl sites for hydroxylation is 1. The van der Waals surface area contributed by atoms with Crippen molar-refractivity contribution < 1.29 is 14.3 Å². The van der Waals surface area contributed by atoms with Crippen molar-refractivity contribution >= 4 is 21.8 Å². The Morgan fingerprint density at radius 3 is 2.46 bits per heavy atom. The lowest BCUT2D eigenvalue weighted by Gasteiger charge is -2.19. The fraction of sp³-hybridized carbons (Fsp3) is 0.316. The molecule has 24 heavy (non-hydrogen) atoms. The van der Waals surface area contributed by atoms with Crippen molar-refractivity contribution in [1.82, 2.24) is 5.32 Å². The first-order chi connectivity index (χ1) is 11.5. The smallest absolute Gasteiger partial charge is 0.261 e. The number of carbonyl (C=O) groups excluding carboxylic acids is 1. The van der Waals surface area contributed by atoms with E-state index in [2.05, 4.69) is 21.2 Å². The number of hydrogen-bond donors (Lipinski definition) is 1. The molecule has 0 radical (unpaired) electrons. The van der Waals surface area contributed by atoms with Crippen LogP contribution in [0.4, 0.5) is 0 Å². The zero-order chi connectivity index (χ0) is 17.5. The Balaban J connectivity index is 1.80. The Hall–Kier alpha value is -2.01. The second-order valence-electron chi connectivity index (χ2n) is 5.70. The van der Waals surface area contributed by atoms with Gasteiger partial charge in [-0.2, -0.15) is 0 Å². The summed E-state index contributed by atoms with van der Waals surface area (Å²) in [5, 5.41) is 2.90. The summed E-state index contributed by atoms with van der Waals surface area (Å²) in [7, 11) is 0. The number of hydrogen-bond acceptors (Lipinski definition) is 3. The van der Waals surface area contributed by atoms with Gasteiger partial charge in [-0.15, -0.1) is 0 Å². The highest BCUT2D eigenvalue weighted by molar-refractivity contribution is 9.10. The summed E-state index contributed by atoms with van der Waals surface area (Å²) in [6, 6.07) is 15.1. The maximum atomic E-state index is 12.2. The summed E-state index contributed by atoms with van der Waals surface area (Å²) >= 11 is 3.37. The molecule has 0 aliphatic rings. The van der Waals surface area contributed by atoms with Gasteiger partial charge in [0.05, 0.1) is 6.04 Å². The highest BCUT2D eigenvalue weighted by Gasteiger charge is 2.17. The van der Waals surface area contributed by atoms with Gasteiger partial charge in [0.15, 0.2) is 6.10 Å². The van der Waals surface area contributed by atoms with E-state index in [4.69, 9.17) is 9.47 Å². The number of benzene rings is 2. The maximum Gasteiger partial charge on any atom is 0.261 e. The van der Waals surface area contributed by atoms with Crippen molar-refractivity contribution in [2.75, 3.05) is 6.61 Å². The molecule has 0 heterocycles. The average Bonchev–Trinajstić information content (AvgIpc) is 2.56. The summed E-state index contributed by atoms with van der Waals surface area (Å²) in [4.78, 5) is 12.2. The molecule has 2 rings (SSSR count). The zero-order valence-corrected chi connectivity index (χ0v) is 15.7. The summed E-state index contributed by atoms with van der Waals surface area (Å²) < 4.78 is 12.4. The number of amides is 1. The minimum atomic E-state index is -0.577. The Labute approximate surface area is 151 Å². The molecule has 2 aromatic rings. The summed E-state index contributed by atoms with van der Waals surface area (Å²) in [5.74, 6) is 1.32. The van der Waals surface area contributed by atoms with E-state index in [0.29, 0.717) is 12.4 Å². The lowest BCUT2D eigenvalue weighted by atomic mass is 10.2. The third kappa shape index (κ3) is 5.57. The molecular formula is C19H22BrNO3. The topological polar surface area (TPSA) is 47.6 Å². The number of rotatable bonds is 7. The molecule has 5 heteroatoms. The fourth-order valence-electron chi connectivity index (χ4n) is 2.11.